The monoisotopic (exact) mass is 332 g/mol. The number of nitrogens with zero attached hydrogens (tertiary/aromatic N) is 1. The van der Waals surface area contributed by atoms with Crippen LogP contribution in [0.1, 0.15) is 26.3 Å². The Morgan fingerprint density at radius 3 is 2.71 bits per heavy atom. The molecule has 1 aromatic carbocycles. The minimum atomic E-state index is -0.507. The first-order valence-corrected chi connectivity index (χ1v) is 8.36. The van der Waals surface area contributed by atoms with Crippen molar-refractivity contribution in [2.45, 2.75) is 45.1 Å². The molecule has 1 aliphatic heterocycles. The molecule has 0 aromatic heterocycles. The van der Waals surface area contributed by atoms with Crippen molar-refractivity contribution in [1.82, 2.24) is 10.2 Å². The maximum atomic E-state index is 12.4. The Balaban J connectivity index is 1.87. The van der Waals surface area contributed by atoms with Gasteiger partial charge in [0.25, 0.3) is 0 Å². The van der Waals surface area contributed by atoms with Crippen molar-refractivity contribution in [2.75, 3.05) is 19.7 Å². The molecule has 0 saturated carbocycles. The smallest absolute Gasteiger partial charge is 0.410 e. The third-order valence-corrected chi connectivity index (χ3v) is 3.76. The average molecular weight is 332 g/mol. The van der Waals surface area contributed by atoms with E-state index in [-0.39, 0.29) is 18.2 Å². The third-order valence-electron chi connectivity index (χ3n) is 3.76. The van der Waals surface area contributed by atoms with Crippen molar-refractivity contribution >= 4 is 6.09 Å². The Labute approximate surface area is 144 Å². The van der Waals surface area contributed by atoms with Crippen LogP contribution in [-0.4, -0.2) is 48.4 Å². The summed E-state index contributed by atoms with van der Waals surface area (Å²) in [6, 6.07) is 10.1. The molecule has 5 nitrogen and oxygen atoms in total. The van der Waals surface area contributed by atoms with Gasteiger partial charge in [-0.15, -0.1) is 6.58 Å². The molecule has 0 bridgehead atoms. The quantitative estimate of drug-likeness (QED) is 0.842. The lowest BCUT2D eigenvalue weighted by atomic mass is 10.1. The number of hydrogen-bond acceptors (Lipinski definition) is 4. The van der Waals surface area contributed by atoms with E-state index in [9.17, 15) is 4.79 Å². The molecular formula is C19H28N2O3. The van der Waals surface area contributed by atoms with Crippen LogP contribution in [0.2, 0.25) is 0 Å². The van der Waals surface area contributed by atoms with Crippen LogP contribution in [0.3, 0.4) is 0 Å². The van der Waals surface area contributed by atoms with E-state index in [1.54, 1.807) is 11.0 Å². The molecule has 1 saturated heterocycles. The number of rotatable bonds is 5. The summed E-state index contributed by atoms with van der Waals surface area (Å²) in [4.78, 5) is 14.1. The highest BCUT2D eigenvalue weighted by Gasteiger charge is 2.32. The van der Waals surface area contributed by atoms with E-state index in [0.717, 1.165) is 5.56 Å². The van der Waals surface area contributed by atoms with Crippen LogP contribution < -0.4 is 5.32 Å². The molecule has 1 aliphatic rings. The predicted molar refractivity (Wildman–Crippen MR) is 94.8 cm³/mol. The summed E-state index contributed by atoms with van der Waals surface area (Å²) in [5.74, 6) is 0. The normalized spacial score (nSPS) is 21.4. The van der Waals surface area contributed by atoms with Crippen LogP contribution >= 0.6 is 0 Å². The van der Waals surface area contributed by atoms with E-state index >= 15 is 0 Å². The zero-order chi connectivity index (χ0) is 17.6. The van der Waals surface area contributed by atoms with Gasteiger partial charge in [-0.2, -0.15) is 0 Å². The van der Waals surface area contributed by atoms with E-state index in [0.29, 0.717) is 26.3 Å². The molecule has 2 atom stereocenters. The first-order valence-electron chi connectivity index (χ1n) is 8.36. The van der Waals surface area contributed by atoms with Gasteiger partial charge in [0.1, 0.15) is 5.60 Å². The summed E-state index contributed by atoms with van der Waals surface area (Å²) in [5.41, 5.74) is 0.633. The van der Waals surface area contributed by atoms with Crippen molar-refractivity contribution in [3.05, 3.63) is 48.6 Å². The number of hydrogen-bond donors (Lipinski definition) is 1. The molecule has 0 spiro atoms. The van der Waals surface area contributed by atoms with Crippen LogP contribution in [0.5, 0.6) is 0 Å². The topological polar surface area (TPSA) is 50.8 Å². The fourth-order valence-corrected chi connectivity index (χ4v) is 2.58. The van der Waals surface area contributed by atoms with Crippen molar-refractivity contribution in [3.63, 3.8) is 0 Å². The van der Waals surface area contributed by atoms with Gasteiger partial charge in [0.15, 0.2) is 0 Å². The lowest BCUT2D eigenvalue weighted by molar-refractivity contribution is 0.00507. The van der Waals surface area contributed by atoms with Crippen molar-refractivity contribution in [2.24, 2.45) is 0 Å². The zero-order valence-corrected chi connectivity index (χ0v) is 14.8. The number of benzene rings is 1. The maximum Gasteiger partial charge on any atom is 0.410 e. The highest BCUT2D eigenvalue weighted by Crippen LogP contribution is 2.15. The number of ether oxygens (including phenoxy) is 2. The summed E-state index contributed by atoms with van der Waals surface area (Å²) in [6.45, 7) is 11.7. The van der Waals surface area contributed by atoms with Gasteiger partial charge in [0.2, 0.25) is 0 Å². The minimum Gasteiger partial charge on any atom is -0.444 e. The number of carbonyl (C=O) groups excluding carboxylic acids is 1. The standard InChI is InChI=1S/C19H28N2O3/c1-5-17-11-20-16(12-21(17)18(22)24-19(2,3)4)14-23-13-15-9-7-6-8-10-15/h5-10,16-17,20H,1,11-14H2,2-4H3/t16-,17-/m1/s1. The molecule has 0 unspecified atom stereocenters. The van der Waals surface area contributed by atoms with E-state index < -0.39 is 5.60 Å². The van der Waals surface area contributed by atoms with Gasteiger partial charge >= 0.3 is 6.09 Å². The van der Waals surface area contributed by atoms with Gasteiger partial charge in [-0.3, -0.25) is 4.90 Å². The molecule has 0 aliphatic carbocycles. The second-order valence-electron chi connectivity index (χ2n) is 7.04. The van der Waals surface area contributed by atoms with Gasteiger partial charge in [-0.1, -0.05) is 36.4 Å². The zero-order valence-electron chi connectivity index (χ0n) is 14.8. The Hall–Kier alpha value is -1.85. The lowest BCUT2D eigenvalue weighted by Gasteiger charge is -2.39. The largest absolute Gasteiger partial charge is 0.444 e. The Morgan fingerprint density at radius 2 is 2.08 bits per heavy atom. The Kier molecular flexibility index (Phi) is 6.40. The molecule has 1 N–H and O–H groups in total. The van der Waals surface area contributed by atoms with E-state index in [1.165, 1.54) is 0 Å². The van der Waals surface area contributed by atoms with E-state index in [1.807, 2.05) is 51.1 Å². The first-order chi connectivity index (χ1) is 11.4. The molecule has 2 rings (SSSR count). The molecule has 5 heteroatoms. The van der Waals surface area contributed by atoms with Crippen LogP contribution in [-0.2, 0) is 16.1 Å². The summed E-state index contributed by atoms with van der Waals surface area (Å²) in [7, 11) is 0. The second-order valence-corrected chi connectivity index (χ2v) is 7.04. The fraction of sp³-hybridized carbons (Fsp3) is 0.526. The van der Waals surface area contributed by atoms with Gasteiger partial charge in [0.05, 0.1) is 19.3 Å². The van der Waals surface area contributed by atoms with E-state index in [2.05, 4.69) is 11.9 Å². The van der Waals surface area contributed by atoms with Gasteiger partial charge in [0, 0.05) is 19.1 Å². The summed E-state index contributed by atoms with van der Waals surface area (Å²) < 4.78 is 11.3. The van der Waals surface area contributed by atoms with Crippen molar-refractivity contribution in [1.29, 1.82) is 0 Å². The number of nitrogens with one attached hydrogen (secondary N) is 1. The average Bonchev–Trinajstić information content (AvgIpc) is 2.54. The number of carbonyl (C=O) groups is 1. The molecule has 1 heterocycles. The van der Waals surface area contributed by atoms with E-state index in [4.69, 9.17) is 9.47 Å². The molecule has 1 amide bonds. The lowest BCUT2D eigenvalue weighted by Crippen LogP contribution is -2.59. The molecule has 1 fully saturated rings. The second kappa shape index (κ2) is 8.31. The summed E-state index contributed by atoms with van der Waals surface area (Å²) in [6.07, 6.45) is 1.47. The summed E-state index contributed by atoms with van der Waals surface area (Å²) >= 11 is 0. The molecule has 24 heavy (non-hydrogen) atoms. The Bertz CT molecular complexity index is 539. The number of amides is 1. The van der Waals surface area contributed by atoms with Crippen LogP contribution in [0.4, 0.5) is 4.79 Å². The highest BCUT2D eigenvalue weighted by molar-refractivity contribution is 5.69. The van der Waals surface area contributed by atoms with Crippen LogP contribution in [0.15, 0.2) is 43.0 Å². The third kappa shape index (κ3) is 5.65. The maximum absolute atomic E-state index is 12.4. The molecular weight excluding hydrogens is 304 g/mol. The number of piperazine rings is 1. The van der Waals surface area contributed by atoms with Gasteiger partial charge < -0.3 is 14.8 Å². The Morgan fingerprint density at radius 1 is 1.38 bits per heavy atom. The SMILES string of the molecule is C=C[C@@H]1CN[C@@H](COCc2ccccc2)CN1C(=O)OC(C)(C)C. The summed E-state index contributed by atoms with van der Waals surface area (Å²) in [5, 5.41) is 3.41. The van der Waals surface area contributed by atoms with Crippen molar-refractivity contribution in [3.8, 4) is 0 Å². The molecule has 1 aromatic rings. The minimum absolute atomic E-state index is 0.0646. The first kappa shape index (κ1) is 18.5. The molecule has 132 valence electrons. The fourth-order valence-electron chi connectivity index (χ4n) is 2.58. The van der Waals surface area contributed by atoms with Gasteiger partial charge in [-0.05, 0) is 26.3 Å². The predicted octanol–water partition coefficient (Wildman–Crippen LogP) is 2.97. The molecule has 0 radical (unpaired) electrons. The van der Waals surface area contributed by atoms with Crippen LogP contribution in [0, 0.1) is 0 Å². The van der Waals surface area contributed by atoms with Crippen LogP contribution in [0.25, 0.3) is 0 Å². The van der Waals surface area contributed by atoms with Crippen molar-refractivity contribution < 1.29 is 14.3 Å². The highest BCUT2D eigenvalue weighted by atomic mass is 16.6. The van der Waals surface area contributed by atoms with Gasteiger partial charge in [-0.25, -0.2) is 4.79 Å².